The summed E-state index contributed by atoms with van der Waals surface area (Å²) >= 11 is 0. The van der Waals surface area contributed by atoms with Gasteiger partial charge in [0.15, 0.2) is 0 Å². The lowest BCUT2D eigenvalue weighted by Gasteiger charge is -2.28. The molecule has 4 rings (SSSR count). The Morgan fingerprint density at radius 3 is 2.52 bits per heavy atom. The zero-order valence-corrected chi connectivity index (χ0v) is 14.7. The van der Waals surface area contributed by atoms with Crippen molar-refractivity contribution < 1.29 is 4.74 Å². The Balaban J connectivity index is 1.46. The molecule has 2 heterocycles. The fourth-order valence-electron chi connectivity index (χ4n) is 3.53. The van der Waals surface area contributed by atoms with Gasteiger partial charge in [-0.1, -0.05) is 18.2 Å². The molecule has 25 heavy (non-hydrogen) atoms. The van der Waals surface area contributed by atoms with E-state index in [1.165, 1.54) is 22.2 Å². The summed E-state index contributed by atoms with van der Waals surface area (Å²) < 4.78 is 7.74. The third kappa shape index (κ3) is 3.35. The Kier molecular flexibility index (Phi) is 4.61. The quantitative estimate of drug-likeness (QED) is 0.761. The number of nitrogens with one attached hydrogen (secondary N) is 1. The number of nitrogens with zero attached hydrogens (tertiary/aromatic N) is 2. The molecule has 0 radical (unpaired) electrons. The highest BCUT2D eigenvalue weighted by Gasteiger charge is 2.11. The van der Waals surface area contributed by atoms with Crippen LogP contribution in [0.1, 0.15) is 12.5 Å². The fourth-order valence-corrected chi connectivity index (χ4v) is 3.53. The van der Waals surface area contributed by atoms with E-state index in [9.17, 15) is 0 Å². The molecule has 130 valence electrons. The van der Waals surface area contributed by atoms with Gasteiger partial charge in [-0.15, -0.1) is 0 Å². The zero-order chi connectivity index (χ0) is 17.1. The Hall–Kier alpha value is -2.46. The minimum Gasteiger partial charge on any atom is -0.381 e. The van der Waals surface area contributed by atoms with Gasteiger partial charge in [-0.05, 0) is 42.8 Å². The highest BCUT2D eigenvalue weighted by atomic mass is 16.5. The Morgan fingerprint density at radius 1 is 1.00 bits per heavy atom. The van der Waals surface area contributed by atoms with Crippen LogP contribution in [0.15, 0.2) is 54.7 Å². The first-order chi connectivity index (χ1) is 12.3. The second-order valence-corrected chi connectivity index (χ2v) is 6.46. The number of anilines is 2. The van der Waals surface area contributed by atoms with Crippen LogP contribution >= 0.6 is 0 Å². The second-order valence-electron chi connectivity index (χ2n) is 6.46. The summed E-state index contributed by atoms with van der Waals surface area (Å²) in [5, 5.41) is 4.90. The average Bonchev–Trinajstić information content (AvgIpc) is 3.05. The molecule has 3 aromatic rings. The second kappa shape index (κ2) is 7.19. The van der Waals surface area contributed by atoms with E-state index in [-0.39, 0.29) is 0 Å². The van der Waals surface area contributed by atoms with E-state index in [1.807, 2.05) is 0 Å². The number of rotatable bonds is 5. The number of hydrogen-bond donors (Lipinski definition) is 1. The van der Waals surface area contributed by atoms with E-state index >= 15 is 0 Å². The van der Waals surface area contributed by atoms with Crippen molar-refractivity contribution in [1.82, 2.24) is 4.57 Å². The first-order valence-electron chi connectivity index (χ1n) is 9.08. The molecule has 0 bridgehead atoms. The lowest BCUT2D eigenvalue weighted by molar-refractivity contribution is 0.122. The van der Waals surface area contributed by atoms with Crippen molar-refractivity contribution in [1.29, 1.82) is 0 Å². The average molecular weight is 335 g/mol. The number of morpholine rings is 1. The van der Waals surface area contributed by atoms with Gasteiger partial charge >= 0.3 is 0 Å². The van der Waals surface area contributed by atoms with E-state index in [2.05, 4.69) is 76.4 Å². The minimum absolute atomic E-state index is 0.821. The minimum atomic E-state index is 0.821. The highest BCUT2D eigenvalue weighted by molar-refractivity contribution is 5.84. The molecule has 0 atom stereocenters. The van der Waals surface area contributed by atoms with Crippen LogP contribution in [0.5, 0.6) is 0 Å². The summed E-state index contributed by atoms with van der Waals surface area (Å²) in [5.41, 5.74) is 5.08. The van der Waals surface area contributed by atoms with Crippen LogP contribution in [-0.4, -0.2) is 30.9 Å². The molecule has 1 N–H and O–H groups in total. The molecule has 1 aliphatic heterocycles. The van der Waals surface area contributed by atoms with E-state index in [4.69, 9.17) is 4.74 Å². The van der Waals surface area contributed by atoms with Crippen molar-refractivity contribution >= 4 is 22.3 Å². The molecular formula is C21H25N3O. The zero-order valence-electron chi connectivity index (χ0n) is 14.7. The van der Waals surface area contributed by atoms with Crippen LogP contribution < -0.4 is 10.2 Å². The molecule has 0 amide bonds. The monoisotopic (exact) mass is 335 g/mol. The van der Waals surface area contributed by atoms with Gasteiger partial charge in [-0.25, -0.2) is 0 Å². The van der Waals surface area contributed by atoms with Crippen LogP contribution in [-0.2, 0) is 17.8 Å². The molecule has 1 fully saturated rings. The van der Waals surface area contributed by atoms with Gasteiger partial charge < -0.3 is 19.5 Å². The van der Waals surface area contributed by atoms with E-state index < -0.39 is 0 Å². The van der Waals surface area contributed by atoms with Crippen LogP contribution in [0.2, 0.25) is 0 Å². The van der Waals surface area contributed by atoms with E-state index in [0.717, 1.165) is 45.1 Å². The molecule has 4 nitrogen and oxygen atoms in total. The van der Waals surface area contributed by atoms with E-state index in [0.29, 0.717) is 0 Å². The Labute approximate surface area is 149 Å². The van der Waals surface area contributed by atoms with Crippen molar-refractivity contribution in [2.45, 2.75) is 20.0 Å². The number of benzene rings is 2. The summed E-state index contributed by atoms with van der Waals surface area (Å²) in [4.78, 5) is 2.38. The molecule has 0 spiro atoms. The lowest BCUT2D eigenvalue weighted by atomic mass is 10.1. The summed E-state index contributed by atoms with van der Waals surface area (Å²) in [5.74, 6) is 0. The molecule has 4 heteroatoms. The number of aromatic nitrogens is 1. The van der Waals surface area contributed by atoms with Crippen molar-refractivity contribution in [2.24, 2.45) is 0 Å². The number of para-hydroxylation sites is 1. The molecular weight excluding hydrogens is 310 g/mol. The van der Waals surface area contributed by atoms with Gasteiger partial charge in [0.25, 0.3) is 0 Å². The third-order valence-corrected chi connectivity index (χ3v) is 4.94. The number of aryl methyl sites for hydroxylation is 1. The van der Waals surface area contributed by atoms with Gasteiger partial charge in [0.2, 0.25) is 0 Å². The molecule has 0 saturated carbocycles. The number of fused-ring (bicyclic) bond motifs is 1. The standard InChI is InChI=1S/C21H25N3O/c1-2-23-16-17(20-5-3-4-6-21(20)23)15-22-18-7-9-19(10-8-18)24-11-13-25-14-12-24/h3-10,16,22H,2,11-15H2,1H3. The maximum atomic E-state index is 5.42. The van der Waals surface area contributed by atoms with Gasteiger partial charge in [-0.3, -0.25) is 0 Å². The van der Waals surface area contributed by atoms with Crippen LogP contribution in [0.4, 0.5) is 11.4 Å². The topological polar surface area (TPSA) is 29.4 Å². The third-order valence-electron chi connectivity index (χ3n) is 4.94. The lowest BCUT2D eigenvalue weighted by Crippen LogP contribution is -2.36. The van der Waals surface area contributed by atoms with Crippen LogP contribution in [0, 0.1) is 0 Å². The first kappa shape index (κ1) is 16.0. The Bertz CT molecular complexity index is 832. The largest absolute Gasteiger partial charge is 0.381 e. The maximum absolute atomic E-state index is 5.42. The van der Waals surface area contributed by atoms with Gasteiger partial charge in [0.05, 0.1) is 13.2 Å². The number of hydrogen-bond acceptors (Lipinski definition) is 3. The molecule has 2 aromatic carbocycles. The van der Waals surface area contributed by atoms with Gasteiger partial charge in [-0.2, -0.15) is 0 Å². The summed E-state index contributed by atoms with van der Waals surface area (Å²) in [6.07, 6.45) is 2.26. The first-order valence-corrected chi connectivity index (χ1v) is 9.08. The van der Waals surface area contributed by atoms with Crippen molar-refractivity contribution in [2.75, 3.05) is 36.5 Å². The van der Waals surface area contributed by atoms with Crippen molar-refractivity contribution in [3.05, 3.63) is 60.3 Å². The summed E-state index contributed by atoms with van der Waals surface area (Å²) in [6.45, 7) is 7.61. The highest BCUT2D eigenvalue weighted by Crippen LogP contribution is 2.23. The van der Waals surface area contributed by atoms with Gasteiger partial charge in [0, 0.05) is 54.7 Å². The van der Waals surface area contributed by atoms with Crippen LogP contribution in [0.3, 0.4) is 0 Å². The SMILES string of the molecule is CCn1cc(CNc2ccc(N3CCOCC3)cc2)c2ccccc21. The smallest absolute Gasteiger partial charge is 0.0642 e. The summed E-state index contributed by atoms with van der Waals surface area (Å²) in [6, 6.07) is 17.4. The molecule has 0 aliphatic carbocycles. The summed E-state index contributed by atoms with van der Waals surface area (Å²) in [7, 11) is 0. The van der Waals surface area contributed by atoms with Gasteiger partial charge in [0.1, 0.15) is 0 Å². The van der Waals surface area contributed by atoms with Crippen molar-refractivity contribution in [3.8, 4) is 0 Å². The predicted molar refractivity (Wildman–Crippen MR) is 104 cm³/mol. The Morgan fingerprint density at radius 2 is 1.76 bits per heavy atom. The molecule has 1 aliphatic rings. The molecule has 1 aromatic heterocycles. The predicted octanol–water partition coefficient (Wildman–Crippen LogP) is 4.11. The molecule has 0 unspecified atom stereocenters. The van der Waals surface area contributed by atoms with Crippen LogP contribution in [0.25, 0.3) is 10.9 Å². The number of ether oxygens (including phenoxy) is 1. The fraction of sp³-hybridized carbons (Fsp3) is 0.333. The van der Waals surface area contributed by atoms with E-state index in [1.54, 1.807) is 0 Å². The normalized spacial score (nSPS) is 14.8. The molecule has 1 saturated heterocycles. The maximum Gasteiger partial charge on any atom is 0.0642 e. The van der Waals surface area contributed by atoms with Crippen molar-refractivity contribution in [3.63, 3.8) is 0 Å².